The van der Waals surface area contributed by atoms with Crippen LogP contribution in [0.3, 0.4) is 0 Å². The maximum Gasteiger partial charge on any atom is 0.141 e. The molecule has 0 fully saturated rings. The van der Waals surface area contributed by atoms with Gasteiger partial charge in [0.25, 0.3) is 0 Å². The van der Waals surface area contributed by atoms with Gasteiger partial charge in [-0.05, 0) is 48.6 Å². The van der Waals surface area contributed by atoms with Crippen LogP contribution in [-0.2, 0) is 19.4 Å². The highest BCUT2D eigenvalue weighted by molar-refractivity contribution is 5.73. The molecule has 2 aromatic heterocycles. The maximum atomic E-state index is 10.2. The molecule has 2 aliphatic rings. The van der Waals surface area contributed by atoms with E-state index in [2.05, 4.69) is 38.8 Å². The first-order valence-corrected chi connectivity index (χ1v) is 8.06. The van der Waals surface area contributed by atoms with Crippen LogP contribution in [0.25, 0.3) is 0 Å². The number of anilines is 2. The van der Waals surface area contributed by atoms with E-state index in [0.717, 1.165) is 53.4 Å². The summed E-state index contributed by atoms with van der Waals surface area (Å²) in [6, 6.07) is 11.9. The normalized spacial score (nSPS) is 13.5. The van der Waals surface area contributed by atoms with Crippen LogP contribution in [0.5, 0.6) is 5.75 Å². The van der Waals surface area contributed by atoms with Crippen LogP contribution in [0.2, 0.25) is 0 Å². The Hall–Kier alpha value is -3.19. The number of rotatable bonds is 0. The number of hydrogen-bond acceptors (Lipinski definition) is 3. The van der Waals surface area contributed by atoms with E-state index >= 15 is 0 Å². The number of benzene rings is 1. The highest BCUT2D eigenvalue weighted by Gasteiger charge is 2.31. The topological polar surface area (TPSA) is 50.1 Å². The zero-order valence-electron chi connectivity index (χ0n) is 13.0. The molecule has 24 heavy (non-hydrogen) atoms. The van der Waals surface area contributed by atoms with Gasteiger partial charge in [-0.2, -0.15) is 0 Å². The Kier molecular flexibility index (Phi) is 2.71. The van der Waals surface area contributed by atoms with E-state index in [0.29, 0.717) is 5.75 Å². The highest BCUT2D eigenvalue weighted by atomic mass is 16.3. The van der Waals surface area contributed by atoms with Gasteiger partial charge >= 0.3 is 0 Å². The molecule has 0 unspecified atom stereocenters. The second-order valence-corrected chi connectivity index (χ2v) is 6.17. The lowest BCUT2D eigenvalue weighted by Gasteiger charge is -2.25. The minimum absolute atomic E-state index is 0.473. The van der Waals surface area contributed by atoms with Gasteiger partial charge in [-0.15, -0.1) is 0 Å². The summed E-state index contributed by atoms with van der Waals surface area (Å²) in [6.07, 6.45) is 3.61. The van der Waals surface area contributed by atoms with Gasteiger partial charge in [0.05, 0.1) is 12.2 Å². The third kappa shape index (κ3) is 1.92. The number of aromatic hydroxyl groups is 1. The first kappa shape index (κ1) is 13.3. The monoisotopic (exact) mass is 313 g/mol. The van der Waals surface area contributed by atoms with Crippen LogP contribution < -0.4 is 5.32 Å². The van der Waals surface area contributed by atoms with Crippen molar-refractivity contribution in [3.05, 3.63) is 70.7 Å². The average molecular weight is 313 g/mol. The largest absolute Gasteiger partial charge is 0.506 e. The van der Waals surface area contributed by atoms with Gasteiger partial charge in [0.2, 0.25) is 0 Å². The molecule has 116 valence electrons. The molecular formula is C20H15N3O. The Labute approximate surface area is 139 Å². The lowest BCUT2D eigenvalue weighted by molar-refractivity contribution is 0.469. The van der Waals surface area contributed by atoms with Gasteiger partial charge in [-0.1, -0.05) is 18.1 Å². The molecule has 3 heterocycles. The molecule has 0 saturated heterocycles. The molecule has 0 radical (unpaired) electrons. The standard InChI is InChI=1S/C20H15N3O/c24-19-16-8-9-18(19)23-12-14-6-4-13(11-17(14)22-20(16)23)5-7-15-3-1-2-10-21-15/h1-4,6,10-11,22,24H,8-9,12H2. The lowest BCUT2D eigenvalue weighted by Crippen LogP contribution is -2.18. The predicted octanol–water partition coefficient (Wildman–Crippen LogP) is 3.19. The zero-order chi connectivity index (χ0) is 16.1. The number of nitrogens with one attached hydrogen (secondary N) is 1. The molecule has 0 spiro atoms. The van der Waals surface area contributed by atoms with Crippen molar-refractivity contribution < 1.29 is 5.11 Å². The van der Waals surface area contributed by atoms with Gasteiger partial charge in [-0.25, -0.2) is 4.98 Å². The third-order valence-corrected chi connectivity index (χ3v) is 4.74. The Morgan fingerprint density at radius 3 is 2.96 bits per heavy atom. The van der Waals surface area contributed by atoms with Crippen molar-refractivity contribution in [1.29, 1.82) is 0 Å². The van der Waals surface area contributed by atoms with Gasteiger partial charge in [0.15, 0.2) is 0 Å². The van der Waals surface area contributed by atoms with Crippen molar-refractivity contribution in [2.24, 2.45) is 0 Å². The fourth-order valence-corrected chi connectivity index (χ4v) is 3.54. The maximum absolute atomic E-state index is 10.2. The number of nitrogens with zero attached hydrogens (tertiary/aromatic N) is 2. The SMILES string of the molecule is Oc1c2c3n(c1CC2)Cc1ccc(C#Cc2ccccn2)cc1N3. The van der Waals surface area contributed by atoms with E-state index in [9.17, 15) is 5.11 Å². The number of pyridine rings is 1. The summed E-state index contributed by atoms with van der Waals surface area (Å²) in [5.41, 5.74) is 6.11. The van der Waals surface area contributed by atoms with Crippen molar-refractivity contribution in [1.82, 2.24) is 9.55 Å². The van der Waals surface area contributed by atoms with Crippen LogP contribution in [0.1, 0.15) is 28.1 Å². The molecule has 1 aliphatic heterocycles. The molecule has 0 atom stereocenters. The Bertz CT molecular complexity index is 1020. The predicted molar refractivity (Wildman–Crippen MR) is 92.5 cm³/mol. The van der Waals surface area contributed by atoms with Crippen molar-refractivity contribution in [2.75, 3.05) is 5.32 Å². The van der Waals surface area contributed by atoms with Gasteiger partial charge in [-0.3, -0.25) is 0 Å². The van der Waals surface area contributed by atoms with Gasteiger partial charge in [0.1, 0.15) is 17.3 Å². The van der Waals surface area contributed by atoms with E-state index in [4.69, 9.17) is 0 Å². The van der Waals surface area contributed by atoms with E-state index < -0.39 is 0 Å². The molecule has 4 heteroatoms. The smallest absolute Gasteiger partial charge is 0.141 e. The van der Waals surface area contributed by atoms with Crippen LogP contribution in [0, 0.1) is 11.8 Å². The summed E-state index contributed by atoms with van der Waals surface area (Å²) in [5, 5.41) is 13.7. The van der Waals surface area contributed by atoms with E-state index in [1.165, 1.54) is 5.56 Å². The molecule has 4 nitrogen and oxygen atoms in total. The fraction of sp³-hybridized carbons (Fsp3) is 0.150. The van der Waals surface area contributed by atoms with Gasteiger partial charge in [0, 0.05) is 23.0 Å². The molecule has 0 saturated carbocycles. The zero-order valence-corrected chi connectivity index (χ0v) is 13.0. The number of aromatic nitrogens is 2. The molecule has 1 aromatic carbocycles. The fourth-order valence-electron chi connectivity index (χ4n) is 3.54. The van der Waals surface area contributed by atoms with Crippen molar-refractivity contribution >= 4 is 11.5 Å². The Balaban J connectivity index is 1.50. The number of fused-ring (bicyclic) bond motifs is 6. The van der Waals surface area contributed by atoms with Crippen LogP contribution in [0.15, 0.2) is 42.6 Å². The molecule has 2 N–H and O–H groups in total. The van der Waals surface area contributed by atoms with Crippen molar-refractivity contribution in [2.45, 2.75) is 19.4 Å². The minimum Gasteiger partial charge on any atom is -0.506 e. The molecule has 2 bridgehead atoms. The van der Waals surface area contributed by atoms with Crippen LogP contribution in [0.4, 0.5) is 11.5 Å². The van der Waals surface area contributed by atoms with Crippen LogP contribution in [-0.4, -0.2) is 14.7 Å². The third-order valence-electron chi connectivity index (χ3n) is 4.74. The molecule has 3 aromatic rings. The summed E-state index contributed by atoms with van der Waals surface area (Å²) in [4.78, 5) is 4.22. The quantitative estimate of drug-likeness (QED) is 0.490. The Morgan fingerprint density at radius 2 is 2.08 bits per heavy atom. The van der Waals surface area contributed by atoms with Gasteiger partial charge < -0.3 is 15.0 Å². The van der Waals surface area contributed by atoms with E-state index in [-0.39, 0.29) is 0 Å². The first-order valence-electron chi connectivity index (χ1n) is 8.06. The summed E-state index contributed by atoms with van der Waals surface area (Å²) in [7, 11) is 0. The minimum atomic E-state index is 0.473. The van der Waals surface area contributed by atoms with Crippen molar-refractivity contribution in [3.8, 4) is 17.6 Å². The van der Waals surface area contributed by atoms with Crippen molar-refractivity contribution in [3.63, 3.8) is 0 Å². The molecule has 0 amide bonds. The average Bonchev–Trinajstić information content (AvgIpc) is 3.12. The second-order valence-electron chi connectivity index (χ2n) is 6.17. The second kappa shape index (κ2) is 4.90. The summed E-state index contributed by atoms with van der Waals surface area (Å²) < 4.78 is 2.19. The number of hydrogen-bond donors (Lipinski definition) is 2. The van der Waals surface area contributed by atoms with E-state index in [1.807, 2.05) is 24.3 Å². The lowest BCUT2D eigenvalue weighted by atomic mass is 10.1. The first-order chi connectivity index (χ1) is 11.8. The molecular weight excluding hydrogens is 298 g/mol. The summed E-state index contributed by atoms with van der Waals surface area (Å²) in [5.74, 6) is 7.77. The van der Waals surface area contributed by atoms with Crippen LogP contribution >= 0.6 is 0 Å². The Morgan fingerprint density at radius 1 is 1.12 bits per heavy atom. The summed E-state index contributed by atoms with van der Waals surface area (Å²) in [6.45, 7) is 0.800. The summed E-state index contributed by atoms with van der Waals surface area (Å²) >= 11 is 0. The molecule has 5 rings (SSSR count). The van der Waals surface area contributed by atoms with E-state index in [1.54, 1.807) is 6.20 Å². The highest BCUT2D eigenvalue weighted by Crippen LogP contribution is 2.45. The molecule has 1 aliphatic carbocycles.